The largest absolute Gasteiger partial charge is 0.349 e. The second kappa shape index (κ2) is 12.2. The summed E-state index contributed by atoms with van der Waals surface area (Å²) >= 11 is 13.7. The Kier molecular flexibility index (Phi) is 8.23. The summed E-state index contributed by atoms with van der Waals surface area (Å²) in [5, 5.41) is 3.82. The van der Waals surface area contributed by atoms with E-state index in [0.717, 1.165) is 15.2 Å². The van der Waals surface area contributed by atoms with Gasteiger partial charge in [-0.2, -0.15) is 0 Å². The first-order valence-electron chi connectivity index (χ1n) is 13.2. The number of ketones is 1. The van der Waals surface area contributed by atoms with Crippen molar-refractivity contribution < 1.29 is 23.5 Å². The number of carbonyl (C=O) groups excluding carboxylic acids is 3. The number of benzene rings is 4. The third-order valence-corrected chi connectivity index (χ3v) is 8.73. The quantitative estimate of drug-likeness (QED) is 0.138. The number of hydrogen-bond acceptors (Lipinski definition) is 6. The zero-order valence-electron chi connectivity index (χ0n) is 22.3. The molecule has 4 aromatic carbocycles. The van der Waals surface area contributed by atoms with Crippen LogP contribution in [-0.4, -0.2) is 34.8 Å². The molecule has 0 saturated carbocycles. The van der Waals surface area contributed by atoms with Gasteiger partial charge in [-0.1, -0.05) is 53.5 Å². The Bertz CT molecular complexity index is 1810. The van der Waals surface area contributed by atoms with Gasteiger partial charge in [-0.15, -0.1) is 11.3 Å². The first-order chi connectivity index (χ1) is 20.8. The van der Waals surface area contributed by atoms with Crippen LogP contribution in [0.25, 0.3) is 10.2 Å². The van der Waals surface area contributed by atoms with Crippen LogP contribution in [0.2, 0.25) is 10.0 Å². The van der Waals surface area contributed by atoms with Crippen molar-refractivity contribution in [2.24, 2.45) is 0 Å². The molecule has 0 radical (unpaired) electrons. The Morgan fingerprint density at radius 3 is 2.40 bits per heavy atom. The van der Waals surface area contributed by atoms with E-state index >= 15 is 0 Å². The Morgan fingerprint density at radius 2 is 1.65 bits per heavy atom. The van der Waals surface area contributed by atoms with Crippen molar-refractivity contribution in [3.63, 3.8) is 0 Å². The van der Waals surface area contributed by atoms with Crippen LogP contribution in [0.15, 0.2) is 91.0 Å². The summed E-state index contributed by atoms with van der Waals surface area (Å²) in [6.45, 7) is 0.0897. The molecule has 1 aromatic heterocycles. The zero-order valence-corrected chi connectivity index (χ0v) is 24.6. The van der Waals surface area contributed by atoms with Crippen LogP contribution in [0.5, 0.6) is 0 Å². The van der Waals surface area contributed by atoms with E-state index in [1.165, 1.54) is 28.4 Å². The molecule has 7 nitrogen and oxygen atoms in total. The molecule has 1 saturated heterocycles. The number of ether oxygens (including phenoxy) is 1. The summed E-state index contributed by atoms with van der Waals surface area (Å²) in [4.78, 5) is 45.5. The third kappa shape index (κ3) is 6.45. The maximum atomic E-state index is 13.6. The Morgan fingerprint density at radius 1 is 0.907 bits per heavy atom. The van der Waals surface area contributed by atoms with Crippen LogP contribution < -0.4 is 10.2 Å². The van der Waals surface area contributed by atoms with E-state index < -0.39 is 29.8 Å². The maximum absolute atomic E-state index is 13.6. The Hall–Kier alpha value is -4.15. The van der Waals surface area contributed by atoms with Gasteiger partial charge in [-0.25, -0.2) is 9.37 Å². The van der Waals surface area contributed by atoms with E-state index in [1.807, 2.05) is 24.3 Å². The highest BCUT2D eigenvalue weighted by Crippen LogP contribution is 2.33. The SMILES string of the molecule is O=C(Cc1nc2ccccc2s1)c1ccc(N(Cc2ccc(F)cc2)C(=O)[C@H]2O[C@@H]2C(=O)Nc2cccc(Cl)c2Cl)cc1. The fourth-order valence-corrected chi connectivity index (χ4v) is 5.90. The summed E-state index contributed by atoms with van der Waals surface area (Å²) in [7, 11) is 0. The molecule has 1 aliphatic heterocycles. The molecule has 11 heteroatoms. The summed E-state index contributed by atoms with van der Waals surface area (Å²) in [5.74, 6) is -1.52. The van der Waals surface area contributed by atoms with E-state index in [0.29, 0.717) is 22.5 Å². The van der Waals surface area contributed by atoms with Crippen molar-refractivity contribution in [2.45, 2.75) is 25.2 Å². The number of carbonyl (C=O) groups is 3. The number of thiazole rings is 1. The number of amides is 2. The summed E-state index contributed by atoms with van der Waals surface area (Å²) in [5.41, 5.74) is 2.77. The van der Waals surface area contributed by atoms with Gasteiger partial charge in [0.1, 0.15) is 10.8 Å². The second-order valence-electron chi connectivity index (χ2n) is 9.84. The van der Waals surface area contributed by atoms with Crippen molar-refractivity contribution in [3.8, 4) is 0 Å². The van der Waals surface area contributed by atoms with Crippen molar-refractivity contribution >= 4 is 73.7 Å². The maximum Gasteiger partial charge on any atom is 0.259 e. The van der Waals surface area contributed by atoms with E-state index in [9.17, 15) is 18.8 Å². The Labute approximate surface area is 259 Å². The molecule has 6 rings (SSSR count). The van der Waals surface area contributed by atoms with Gasteiger partial charge in [0.15, 0.2) is 18.0 Å². The van der Waals surface area contributed by atoms with Gasteiger partial charge < -0.3 is 15.0 Å². The first-order valence-corrected chi connectivity index (χ1v) is 14.8. The van der Waals surface area contributed by atoms with Gasteiger partial charge in [0, 0.05) is 11.3 Å². The zero-order chi connectivity index (χ0) is 30.1. The fraction of sp³-hybridized carbons (Fsp3) is 0.125. The molecule has 1 fully saturated rings. The number of rotatable bonds is 9. The molecule has 0 spiro atoms. The molecule has 0 bridgehead atoms. The average molecular weight is 635 g/mol. The minimum Gasteiger partial charge on any atom is -0.349 e. The molecule has 1 aliphatic rings. The molecular formula is C32H22Cl2FN3O4S. The van der Waals surface area contributed by atoms with Crippen LogP contribution >= 0.6 is 34.5 Å². The number of fused-ring (bicyclic) bond motifs is 1. The van der Waals surface area contributed by atoms with Crippen LogP contribution in [0.4, 0.5) is 15.8 Å². The highest BCUT2D eigenvalue weighted by atomic mass is 35.5. The van der Waals surface area contributed by atoms with Gasteiger partial charge >= 0.3 is 0 Å². The number of para-hydroxylation sites is 1. The number of halogens is 3. The summed E-state index contributed by atoms with van der Waals surface area (Å²) < 4.78 is 20.1. The van der Waals surface area contributed by atoms with Crippen molar-refractivity contribution in [1.29, 1.82) is 0 Å². The van der Waals surface area contributed by atoms with Crippen molar-refractivity contribution in [2.75, 3.05) is 10.2 Å². The van der Waals surface area contributed by atoms with Crippen molar-refractivity contribution in [1.82, 2.24) is 4.98 Å². The molecule has 5 aromatic rings. The Balaban J connectivity index is 1.19. The third-order valence-electron chi connectivity index (χ3n) is 6.87. The molecule has 2 atom stereocenters. The number of anilines is 2. The minimum atomic E-state index is -1.04. The number of nitrogens with one attached hydrogen (secondary N) is 1. The second-order valence-corrected chi connectivity index (χ2v) is 11.7. The predicted molar refractivity (Wildman–Crippen MR) is 165 cm³/mol. The van der Waals surface area contributed by atoms with E-state index in [1.54, 1.807) is 54.6 Å². The normalized spacial score (nSPS) is 15.7. The number of hydrogen-bond donors (Lipinski definition) is 1. The van der Waals surface area contributed by atoms with Gasteiger partial charge in [-0.3, -0.25) is 14.4 Å². The van der Waals surface area contributed by atoms with Crippen LogP contribution in [0.1, 0.15) is 20.9 Å². The molecule has 2 heterocycles. The minimum absolute atomic E-state index is 0.0897. The molecule has 216 valence electrons. The molecule has 0 aliphatic carbocycles. The van der Waals surface area contributed by atoms with Crippen molar-refractivity contribution in [3.05, 3.63) is 123 Å². The van der Waals surface area contributed by atoms with Crippen LogP contribution in [-0.2, 0) is 27.3 Å². The van der Waals surface area contributed by atoms with Gasteiger partial charge in [0.2, 0.25) is 0 Å². The lowest BCUT2D eigenvalue weighted by molar-refractivity contribution is -0.120. The predicted octanol–water partition coefficient (Wildman–Crippen LogP) is 7.11. The van der Waals surface area contributed by atoms with Crippen LogP contribution in [0.3, 0.4) is 0 Å². The molecule has 0 unspecified atom stereocenters. The van der Waals surface area contributed by atoms with E-state index in [-0.39, 0.29) is 28.8 Å². The van der Waals surface area contributed by atoms with Gasteiger partial charge in [0.25, 0.3) is 11.8 Å². The average Bonchev–Trinajstić information content (AvgIpc) is 3.71. The van der Waals surface area contributed by atoms with Crippen LogP contribution in [0, 0.1) is 5.82 Å². The lowest BCUT2D eigenvalue weighted by atomic mass is 10.1. The molecule has 1 N–H and O–H groups in total. The highest BCUT2D eigenvalue weighted by molar-refractivity contribution is 7.18. The topological polar surface area (TPSA) is 91.9 Å². The van der Waals surface area contributed by atoms with E-state index in [4.69, 9.17) is 27.9 Å². The molecule has 2 amide bonds. The summed E-state index contributed by atoms with van der Waals surface area (Å²) in [6, 6.07) is 24.9. The number of aromatic nitrogens is 1. The number of nitrogens with zero attached hydrogens (tertiary/aromatic N) is 2. The lowest BCUT2D eigenvalue weighted by Gasteiger charge is -2.23. The lowest BCUT2D eigenvalue weighted by Crippen LogP contribution is -2.36. The monoisotopic (exact) mass is 633 g/mol. The number of Topliss-reactive ketones (excluding diaryl/α,β-unsaturated/α-hetero) is 1. The molecule has 43 heavy (non-hydrogen) atoms. The van der Waals surface area contributed by atoms with E-state index in [2.05, 4.69) is 10.3 Å². The molecular weight excluding hydrogens is 612 g/mol. The highest BCUT2D eigenvalue weighted by Gasteiger charge is 2.52. The first kappa shape index (κ1) is 28.9. The van der Waals surface area contributed by atoms with Gasteiger partial charge in [-0.05, 0) is 66.2 Å². The summed E-state index contributed by atoms with van der Waals surface area (Å²) in [6.07, 6.45) is -1.92. The standard InChI is InChI=1S/C32H22Cl2FN3O4S/c33-22-4-3-6-24(28(22)34)37-31(40)29-30(42-29)32(41)38(17-18-8-12-20(35)13-9-18)21-14-10-19(11-15-21)25(39)16-27-36-23-5-1-2-7-26(23)43-27/h1-15,29-30H,16-17H2,(H,37,40)/t29-,30-/m0/s1. The number of epoxide rings is 1. The smallest absolute Gasteiger partial charge is 0.259 e. The fourth-order valence-electron chi connectivity index (χ4n) is 4.59. The van der Waals surface area contributed by atoms with Gasteiger partial charge in [0.05, 0.1) is 38.9 Å².